The molecular formula is C12H12N2O. The van der Waals surface area contributed by atoms with E-state index in [1.165, 1.54) is 0 Å². The molecule has 76 valence electrons. The SMILES string of the molecule is Cc1ccc2c(c1)C(CC#N)C(=O)N2C. The summed E-state index contributed by atoms with van der Waals surface area (Å²) in [5.41, 5.74) is 3.05. The van der Waals surface area contributed by atoms with Crippen molar-refractivity contribution >= 4 is 11.6 Å². The van der Waals surface area contributed by atoms with E-state index in [2.05, 4.69) is 6.07 Å². The molecule has 1 amide bonds. The van der Waals surface area contributed by atoms with Gasteiger partial charge in [-0.1, -0.05) is 17.7 Å². The maximum Gasteiger partial charge on any atom is 0.235 e. The van der Waals surface area contributed by atoms with E-state index in [0.717, 1.165) is 16.8 Å². The second-order valence-electron chi connectivity index (χ2n) is 3.87. The van der Waals surface area contributed by atoms with Crippen LogP contribution in [-0.2, 0) is 4.79 Å². The minimum absolute atomic E-state index is 0.0251. The number of fused-ring (bicyclic) bond motifs is 1. The Labute approximate surface area is 88.9 Å². The van der Waals surface area contributed by atoms with Crippen LogP contribution in [-0.4, -0.2) is 13.0 Å². The lowest BCUT2D eigenvalue weighted by Crippen LogP contribution is -2.23. The van der Waals surface area contributed by atoms with Crippen LogP contribution >= 0.6 is 0 Å². The summed E-state index contributed by atoms with van der Waals surface area (Å²) in [5, 5.41) is 8.70. The van der Waals surface area contributed by atoms with E-state index >= 15 is 0 Å². The monoisotopic (exact) mass is 200 g/mol. The molecule has 2 rings (SSSR count). The zero-order valence-corrected chi connectivity index (χ0v) is 8.82. The number of anilines is 1. The normalized spacial score (nSPS) is 18.9. The van der Waals surface area contributed by atoms with Gasteiger partial charge < -0.3 is 4.90 Å². The first kappa shape index (κ1) is 9.72. The quantitative estimate of drug-likeness (QED) is 0.695. The second kappa shape index (κ2) is 3.39. The number of rotatable bonds is 1. The first-order chi connectivity index (χ1) is 7.15. The Morgan fingerprint density at radius 2 is 2.27 bits per heavy atom. The first-order valence-corrected chi connectivity index (χ1v) is 4.90. The van der Waals surface area contributed by atoms with Gasteiger partial charge in [0.25, 0.3) is 0 Å². The highest BCUT2D eigenvalue weighted by molar-refractivity contribution is 6.04. The molecule has 0 aliphatic carbocycles. The molecule has 1 aliphatic heterocycles. The van der Waals surface area contributed by atoms with Crippen molar-refractivity contribution in [2.24, 2.45) is 0 Å². The van der Waals surface area contributed by atoms with Gasteiger partial charge in [0.05, 0.1) is 18.4 Å². The molecule has 1 aromatic carbocycles. The summed E-state index contributed by atoms with van der Waals surface area (Å²) in [5.74, 6) is -0.243. The number of amides is 1. The summed E-state index contributed by atoms with van der Waals surface area (Å²) in [6, 6.07) is 8.00. The Morgan fingerprint density at radius 1 is 1.53 bits per heavy atom. The van der Waals surface area contributed by atoms with Gasteiger partial charge in [0.1, 0.15) is 0 Å². The Kier molecular flexibility index (Phi) is 2.20. The van der Waals surface area contributed by atoms with E-state index in [1.54, 1.807) is 11.9 Å². The summed E-state index contributed by atoms with van der Waals surface area (Å²) in [6.07, 6.45) is 0.264. The van der Waals surface area contributed by atoms with E-state index in [4.69, 9.17) is 5.26 Å². The Hall–Kier alpha value is -1.82. The first-order valence-electron chi connectivity index (χ1n) is 4.90. The summed E-state index contributed by atoms with van der Waals surface area (Å²) in [6.45, 7) is 1.99. The average Bonchev–Trinajstić information content (AvgIpc) is 2.44. The van der Waals surface area contributed by atoms with Crippen molar-refractivity contribution in [1.82, 2.24) is 0 Å². The van der Waals surface area contributed by atoms with Crippen molar-refractivity contribution in [2.45, 2.75) is 19.3 Å². The number of benzene rings is 1. The fraction of sp³-hybridized carbons (Fsp3) is 0.333. The van der Waals surface area contributed by atoms with Crippen molar-refractivity contribution in [1.29, 1.82) is 5.26 Å². The van der Waals surface area contributed by atoms with Crippen LogP contribution in [0, 0.1) is 18.3 Å². The van der Waals surface area contributed by atoms with Gasteiger partial charge in [-0.3, -0.25) is 4.79 Å². The maximum atomic E-state index is 11.8. The molecule has 15 heavy (non-hydrogen) atoms. The van der Waals surface area contributed by atoms with Crippen molar-refractivity contribution in [2.75, 3.05) is 11.9 Å². The molecule has 0 fully saturated rings. The third-order valence-corrected chi connectivity index (χ3v) is 2.84. The number of carbonyl (C=O) groups is 1. The van der Waals surface area contributed by atoms with Gasteiger partial charge in [-0.15, -0.1) is 0 Å². The number of nitriles is 1. The zero-order chi connectivity index (χ0) is 11.0. The fourth-order valence-electron chi connectivity index (χ4n) is 2.03. The molecule has 1 aliphatic rings. The average molecular weight is 200 g/mol. The molecule has 3 nitrogen and oxygen atoms in total. The number of nitrogens with zero attached hydrogens (tertiary/aromatic N) is 2. The highest BCUT2D eigenvalue weighted by Gasteiger charge is 2.34. The molecule has 0 saturated heterocycles. The molecule has 0 N–H and O–H groups in total. The summed E-state index contributed by atoms with van der Waals surface area (Å²) >= 11 is 0. The van der Waals surface area contributed by atoms with Crippen LogP contribution < -0.4 is 4.90 Å². The van der Waals surface area contributed by atoms with Gasteiger partial charge in [0.2, 0.25) is 5.91 Å². The van der Waals surface area contributed by atoms with Gasteiger partial charge in [0.15, 0.2) is 0 Å². The minimum Gasteiger partial charge on any atom is -0.315 e. The number of aryl methyl sites for hydroxylation is 1. The zero-order valence-electron chi connectivity index (χ0n) is 8.82. The summed E-state index contributed by atoms with van der Waals surface area (Å²) < 4.78 is 0. The summed E-state index contributed by atoms with van der Waals surface area (Å²) in [4.78, 5) is 13.5. The minimum atomic E-state index is -0.269. The fourth-order valence-corrected chi connectivity index (χ4v) is 2.03. The van der Waals surface area contributed by atoms with Crippen LogP contribution in [0.15, 0.2) is 18.2 Å². The van der Waals surface area contributed by atoms with Crippen molar-refractivity contribution < 1.29 is 4.79 Å². The van der Waals surface area contributed by atoms with Crippen molar-refractivity contribution in [3.63, 3.8) is 0 Å². The van der Waals surface area contributed by atoms with Crippen molar-refractivity contribution in [3.8, 4) is 6.07 Å². The van der Waals surface area contributed by atoms with Crippen LogP contribution in [0.2, 0.25) is 0 Å². The van der Waals surface area contributed by atoms with E-state index < -0.39 is 0 Å². The Bertz CT molecular complexity index is 459. The number of hydrogen-bond acceptors (Lipinski definition) is 2. The van der Waals surface area contributed by atoms with Crippen LogP contribution in [0.5, 0.6) is 0 Å². The highest BCUT2D eigenvalue weighted by atomic mass is 16.2. The Balaban J connectivity index is 2.52. The molecule has 1 unspecified atom stereocenters. The third-order valence-electron chi connectivity index (χ3n) is 2.84. The lowest BCUT2D eigenvalue weighted by Gasteiger charge is -2.09. The molecule has 1 heterocycles. The molecule has 0 spiro atoms. The number of likely N-dealkylation sites (N-methyl/N-ethyl adjacent to an activating group) is 1. The Morgan fingerprint density at radius 3 is 2.93 bits per heavy atom. The molecule has 0 saturated carbocycles. The van der Waals surface area contributed by atoms with Crippen LogP contribution in [0.3, 0.4) is 0 Å². The molecule has 0 radical (unpaired) electrons. The van der Waals surface area contributed by atoms with Crippen LogP contribution in [0.1, 0.15) is 23.5 Å². The van der Waals surface area contributed by atoms with Gasteiger partial charge >= 0.3 is 0 Å². The molecule has 1 aromatic rings. The topological polar surface area (TPSA) is 44.1 Å². The number of carbonyl (C=O) groups excluding carboxylic acids is 1. The maximum absolute atomic E-state index is 11.8. The lowest BCUT2D eigenvalue weighted by atomic mass is 9.96. The third kappa shape index (κ3) is 1.39. The van der Waals surface area contributed by atoms with E-state index in [9.17, 15) is 4.79 Å². The largest absolute Gasteiger partial charge is 0.315 e. The predicted octanol–water partition coefficient (Wildman–Crippen LogP) is 1.97. The van der Waals surface area contributed by atoms with E-state index in [-0.39, 0.29) is 18.2 Å². The molecule has 0 aromatic heterocycles. The highest BCUT2D eigenvalue weighted by Crippen LogP contribution is 2.38. The number of hydrogen-bond donors (Lipinski definition) is 0. The van der Waals surface area contributed by atoms with E-state index in [1.807, 2.05) is 25.1 Å². The van der Waals surface area contributed by atoms with Crippen LogP contribution in [0.4, 0.5) is 5.69 Å². The smallest absolute Gasteiger partial charge is 0.235 e. The molecule has 3 heteroatoms. The van der Waals surface area contributed by atoms with Gasteiger partial charge in [-0.2, -0.15) is 5.26 Å². The standard InChI is InChI=1S/C12H12N2O/c1-8-3-4-11-10(7-8)9(5-6-13)12(15)14(11)2/h3-4,7,9H,5H2,1-2H3. The second-order valence-corrected chi connectivity index (χ2v) is 3.87. The lowest BCUT2D eigenvalue weighted by molar-refractivity contribution is -0.118. The molecule has 0 bridgehead atoms. The van der Waals surface area contributed by atoms with Crippen LogP contribution in [0.25, 0.3) is 0 Å². The molecular weight excluding hydrogens is 188 g/mol. The van der Waals surface area contributed by atoms with E-state index in [0.29, 0.717) is 0 Å². The predicted molar refractivity (Wildman–Crippen MR) is 57.6 cm³/mol. The van der Waals surface area contributed by atoms with Crippen molar-refractivity contribution in [3.05, 3.63) is 29.3 Å². The summed E-state index contributed by atoms with van der Waals surface area (Å²) in [7, 11) is 1.76. The molecule has 1 atom stereocenters. The van der Waals surface area contributed by atoms with Gasteiger partial charge in [0, 0.05) is 12.7 Å². The van der Waals surface area contributed by atoms with Gasteiger partial charge in [-0.05, 0) is 18.6 Å². The van der Waals surface area contributed by atoms with Gasteiger partial charge in [-0.25, -0.2) is 0 Å².